The standard InChI is InChI=1S/C11H16N2O4/c1-7-4-13(11(16)12-10(7)15)9-3-2-8(5-14)6-17-9/h4,8-9,14H,2-3,5-6H2,1H3,(H,12,15,16). The molecular formula is C11H16N2O4. The van der Waals surface area contributed by atoms with Gasteiger partial charge in [0.1, 0.15) is 6.23 Å². The molecule has 1 aliphatic heterocycles. The van der Waals surface area contributed by atoms with E-state index < -0.39 is 5.69 Å². The van der Waals surface area contributed by atoms with Crippen molar-refractivity contribution < 1.29 is 9.84 Å². The summed E-state index contributed by atoms with van der Waals surface area (Å²) in [4.78, 5) is 25.1. The van der Waals surface area contributed by atoms with Gasteiger partial charge < -0.3 is 9.84 Å². The SMILES string of the molecule is Cc1cn(C2CCC(CO)CO2)c(=O)[nH]c1=O. The Bertz CT molecular complexity index is 497. The Morgan fingerprint density at radius 1 is 1.53 bits per heavy atom. The zero-order valence-electron chi connectivity index (χ0n) is 9.68. The van der Waals surface area contributed by atoms with Gasteiger partial charge in [0.2, 0.25) is 0 Å². The van der Waals surface area contributed by atoms with Gasteiger partial charge in [0.05, 0.1) is 6.61 Å². The average molecular weight is 240 g/mol. The molecule has 0 saturated carbocycles. The van der Waals surface area contributed by atoms with Crippen molar-refractivity contribution >= 4 is 0 Å². The molecule has 2 N–H and O–H groups in total. The fourth-order valence-electron chi connectivity index (χ4n) is 1.96. The maximum absolute atomic E-state index is 11.6. The lowest BCUT2D eigenvalue weighted by atomic mass is 10.0. The van der Waals surface area contributed by atoms with Gasteiger partial charge in [-0.1, -0.05) is 0 Å². The minimum absolute atomic E-state index is 0.103. The fraction of sp³-hybridized carbons (Fsp3) is 0.636. The highest BCUT2D eigenvalue weighted by atomic mass is 16.5. The van der Waals surface area contributed by atoms with Crippen molar-refractivity contribution in [3.8, 4) is 0 Å². The summed E-state index contributed by atoms with van der Waals surface area (Å²) < 4.78 is 6.93. The van der Waals surface area contributed by atoms with Crippen molar-refractivity contribution in [1.82, 2.24) is 9.55 Å². The van der Waals surface area contributed by atoms with Crippen LogP contribution >= 0.6 is 0 Å². The Kier molecular flexibility index (Phi) is 3.44. The Hall–Kier alpha value is -1.40. The van der Waals surface area contributed by atoms with Gasteiger partial charge in [-0.25, -0.2) is 4.79 Å². The molecule has 0 aliphatic carbocycles. The number of rotatable bonds is 2. The number of nitrogens with one attached hydrogen (secondary N) is 1. The number of ether oxygens (including phenoxy) is 1. The monoisotopic (exact) mass is 240 g/mol. The molecule has 2 unspecified atom stereocenters. The molecule has 0 bridgehead atoms. The molecule has 0 amide bonds. The van der Waals surface area contributed by atoms with E-state index in [9.17, 15) is 9.59 Å². The molecule has 0 spiro atoms. The quantitative estimate of drug-likeness (QED) is 0.747. The van der Waals surface area contributed by atoms with E-state index in [0.717, 1.165) is 6.42 Å². The van der Waals surface area contributed by atoms with E-state index in [2.05, 4.69) is 4.98 Å². The summed E-state index contributed by atoms with van der Waals surface area (Å²) in [7, 11) is 0. The lowest BCUT2D eigenvalue weighted by Crippen LogP contribution is -2.37. The first kappa shape index (κ1) is 12.1. The zero-order valence-corrected chi connectivity index (χ0v) is 9.68. The van der Waals surface area contributed by atoms with E-state index >= 15 is 0 Å². The Balaban J connectivity index is 2.22. The van der Waals surface area contributed by atoms with Crippen LogP contribution in [0.1, 0.15) is 24.6 Å². The highest BCUT2D eigenvalue weighted by molar-refractivity contribution is 5.01. The van der Waals surface area contributed by atoms with Gasteiger partial charge in [0.15, 0.2) is 0 Å². The molecule has 94 valence electrons. The number of H-pyrrole nitrogens is 1. The van der Waals surface area contributed by atoms with Crippen LogP contribution in [0.15, 0.2) is 15.8 Å². The first-order valence-electron chi connectivity index (χ1n) is 5.66. The molecule has 1 saturated heterocycles. The average Bonchev–Trinajstić information content (AvgIpc) is 2.34. The normalized spacial score (nSPS) is 24.8. The maximum Gasteiger partial charge on any atom is 0.330 e. The van der Waals surface area contributed by atoms with Crippen molar-refractivity contribution in [2.24, 2.45) is 5.92 Å². The van der Waals surface area contributed by atoms with Crippen molar-refractivity contribution in [3.63, 3.8) is 0 Å². The lowest BCUT2D eigenvalue weighted by Gasteiger charge is -2.28. The third kappa shape index (κ3) is 2.48. The van der Waals surface area contributed by atoms with E-state index in [0.29, 0.717) is 18.6 Å². The summed E-state index contributed by atoms with van der Waals surface area (Å²) in [6.07, 6.45) is 2.65. The van der Waals surface area contributed by atoms with Crippen LogP contribution in [0.4, 0.5) is 0 Å². The van der Waals surface area contributed by atoms with Gasteiger partial charge in [-0.05, 0) is 19.8 Å². The number of aromatic nitrogens is 2. The molecule has 2 atom stereocenters. The van der Waals surface area contributed by atoms with Crippen molar-refractivity contribution in [2.75, 3.05) is 13.2 Å². The molecule has 2 heterocycles. The van der Waals surface area contributed by atoms with Crippen LogP contribution in [0, 0.1) is 12.8 Å². The van der Waals surface area contributed by atoms with E-state index in [1.165, 1.54) is 10.8 Å². The number of hydrogen-bond acceptors (Lipinski definition) is 4. The second-order valence-electron chi connectivity index (χ2n) is 4.39. The molecule has 1 aromatic heterocycles. The van der Waals surface area contributed by atoms with E-state index in [1.54, 1.807) is 6.92 Å². The second kappa shape index (κ2) is 4.85. The summed E-state index contributed by atoms with van der Waals surface area (Å²) in [5, 5.41) is 8.99. The molecular weight excluding hydrogens is 224 g/mol. The molecule has 6 nitrogen and oxygen atoms in total. The first-order chi connectivity index (χ1) is 8.11. The number of nitrogens with zero attached hydrogens (tertiary/aromatic N) is 1. The lowest BCUT2D eigenvalue weighted by molar-refractivity contribution is -0.0710. The van der Waals surface area contributed by atoms with Crippen molar-refractivity contribution in [3.05, 3.63) is 32.6 Å². The van der Waals surface area contributed by atoms with Gasteiger partial charge in [-0.15, -0.1) is 0 Å². The molecule has 2 rings (SSSR count). The topological polar surface area (TPSA) is 84.3 Å². The number of aliphatic hydroxyl groups is 1. The summed E-state index contributed by atoms with van der Waals surface area (Å²) in [6.45, 7) is 2.19. The number of aliphatic hydroxyl groups excluding tert-OH is 1. The third-order valence-corrected chi connectivity index (χ3v) is 3.06. The Morgan fingerprint density at radius 3 is 2.88 bits per heavy atom. The second-order valence-corrected chi connectivity index (χ2v) is 4.39. The van der Waals surface area contributed by atoms with Crippen molar-refractivity contribution in [1.29, 1.82) is 0 Å². The van der Waals surface area contributed by atoms with Crippen LogP contribution in [0.3, 0.4) is 0 Å². The van der Waals surface area contributed by atoms with Gasteiger partial charge in [-0.3, -0.25) is 14.3 Å². The number of hydrogen-bond donors (Lipinski definition) is 2. The molecule has 6 heteroatoms. The summed E-state index contributed by atoms with van der Waals surface area (Å²) in [5.74, 6) is 0.144. The van der Waals surface area contributed by atoms with Crippen LogP contribution in [-0.4, -0.2) is 27.9 Å². The van der Waals surface area contributed by atoms with Crippen LogP contribution in [0.5, 0.6) is 0 Å². The van der Waals surface area contributed by atoms with Crippen molar-refractivity contribution in [2.45, 2.75) is 26.0 Å². The summed E-state index contributed by atoms with van der Waals surface area (Å²) in [6, 6.07) is 0. The largest absolute Gasteiger partial charge is 0.396 e. The third-order valence-electron chi connectivity index (χ3n) is 3.06. The van der Waals surface area contributed by atoms with Gasteiger partial charge in [-0.2, -0.15) is 0 Å². The predicted octanol–water partition coefficient (Wildman–Crippen LogP) is -0.237. The molecule has 0 radical (unpaired) electrons. The van der Waals surface area contributed by atoms with E-state index in [-0.39, 0.29) is 24.3 Å². The van der Waals surface area contributed by atoms with Gasteiger partial charge in [0, 0.05) is 24.3 Å². The molecule has 17 heavy (non-hydrogen) atoms. The Morgan fingerprint density at radius 2 is 2.29 bits per heavy atom. The van der Waals surface area contributed by atoms with Crippen LogP contribution in [0.2, 0.25) is 0 Å². The minimum Gasteiger partial charge on any atom is -0.396 e. The smallest absolute Gasteiger partial charge is 0.330 e. The van der Waals surface area contributed by atoms with Crippen LogP contribution in [0.25, 0.3) is 0 Å². The molecule has 1 aromatic rings. The van der Waals surface area contributed by atoms with Gasteiger partial charge in [0.25, 0.3) is 5.56 Å². The molecule has 1 aliphatic rings. The van der Waals surface area contributed by atoms with Gasteiger partial charge >= 0.3 is 5.69 Å². The predicted molar refractivity (Wildman–Crippen MR) is 60.9 cm³/mol. The first-order valence-corrected chi connectivity index (χ1v) is 5.66. The van der Waals surface area contributed by atoms with E-state index in [1.807, 2.05) is 0 Å². The fourth-order valence-corrected chi connectivity index (χ4v) is 1.96. The highest BCUT2D eigenvalue weighted by Gasteiger charge is 2.23. The van der Waals surface area contributed by atoms with Crippen LogP contribution < -0.4 is 11.2 Å². The molecule has 1 fully saturated rings. The summed E-state index contributed by atoms with van der Waals surface area (Å²) >= 11 is 0. The van der Waals surface area contributed by atoms with Crippen LogP contribution in [-0.2, 0) is 4.74 Å². The zero-order chi connectivity index (χ0) is 12.4. The molecule has 0 aromatic carbocycles. The maximum atomic E-state index is 11.6. The highest BCUT2D eigenvalue weighted by Crippen LogP contribution is 2.24. The number of aryl methyl sites for hydroxylation is 1. The Labute approximate surface area is 97.9 Å². The minimum atomic E-state index is -0.451. The van der Waals surface area contributed by atoms with E-state index in [4.69, 9.17) is 9.84 Å². The number of aromatic amines is 1. The summed E-state index contributed by atoms with van der Waals surface area (Å²) in [5.41, 5.74) is -0.333.